The maximum absolute atomic E-state index is 5.33. The maximum Gasteiger partial charge on any atom is 0.0776 e. The fourth-order valence-electron chi connectivity index (χ4n) is 1.17. The average molecular weight is 184 g/mol. The molecule has 0 aliphatic heterocycles. The quantitative estimate of drug-likeness (QED) is 0.705. The molecule has 1 aromatic rings. The zero-order valence-electron chi connectivity index (χ0n) is 8.32. The summed E-state index contributed by atoms with van der Waals surface area (Å²) < 4.78 is 7.08. The van der Waals surface area contributed by atoms with Crippen LogP contribution in [0.5, 0.6) is 0 Å². The summed E-state index contributed by atoms with van der Waals surface area (Å²) in [4.78, 5) is 0. The van der Waals surface area contributed by atoms with Crippen LogP contribution in [0, 0.1) is 0 Å². The van der Waals surface area contributed by atoms with Gasteiger partial charge in [0.05, 0.1) is 24.5 Å². The Morgan fingerprint density at radius 1 is 1.69 bits per heavy atom. The summed E-state index contributed by atoms with van der Waals surface area (Å²) in [5.74, 6) is 0. The van der Waals surface area contributed by atoms with Crippen LogP contribution in [-0.4, -0.2) is 35.3 Å². The van der Waals surface area contributed by atoms with Crippen LogP contribution >= 0.6 is 0 Å². The molecule has 0 saturated heterocycles. The zero-order chi connectivity index (χ0) is 9.68. The van der Waals surface area contributed by atoms with Gasteiger partial charge in [0.15, 0.2) is 0 Å². The highest BCUT2D eigenvalue weighted by atomic mass is 16.5. The number of nitrogens with zero attached hydrogens (tertiary/aromatic N) is 3. The second-order valence-corrected chi connectivity index (χ2v) is 2.78. The van der Waals surface area contributed by atoms with Gasteiger partial charge in [0.2, 0.25) is 0 Å². The van der Waals surface area contributed by atoms with Crippen LogP contribution in [0.2, 0.25) is 0 Å². The summed E-state index contributed by atoms with van der Waals surface area (Å²) in [5, 5.41) is 10.8. The van der Waals surface area contributed by atoms with Crippen LogP contribution in [0.1, 0.15) is 18.7 Å². The van der Waals surface area contributed by atoms with Crippen molar-refractivity contribution in [3.8, 4) is 0 Å². The van der Waals surface area contributed by atoms with Crippen molar-refractivity contribution in [2.24, 2.45) is 7.05 Å². The molecule has 5 nitrogen and oxygen atoms in total. The molecule has 1 rings (SSSR count). The topological polar surface area (TPSA) is 52.0 Å². The van der Waals surface area contributed by atoms with Gasteiger partial charge >= 0.3 is 0 Å². The molecule has 13 heavy (non-hydrogen) atoms. The van der Waals surface area contributed by atoms with Crippen molar-refractivity contribution in [1.82, 2.24) is 20.3 Å². The maximum atomic E-state index is 5.33. The lowest BCUT2D eigenvalue weighted by molar-refractivity contribution is 0.123. The van der Waals surface area contributed by atoms with E-state index in [1.54, 1.807) is 10.9 Å². The first-order valence-electron chi connectivity index (χ1n) is 4.39. The molecule has 0 amide bonds. The molecule has 0 spiro atoms. The highest BCUT2D eigenvalue weighted by Crippen LogP contribution is 2.09. The summed E-state index contributed by atoms with van der Waals surface area (Å²) in [7, 11) is 3.77. The van der Waals surface area contributed by atoms with Gasteiger partial charge in [-0.25, -0.2) is 0 Å². The van der Waals surface area contributed by atoms with Gasteiger partial charge in [-0.3, -0.25) is 4.68 Å². The van der Waals surface area contributed by atoms with Crippen molar-refractivity contribution >= 4 is 0 Å². The molecule has 0 aliphatic carbocycles. The van der Waals surface area contributed by atoms with Crippen molar-refractivity contribution in [1.29, 1.82) is 0 Å². The monoisotopic (exact) mass is 184 g/mol. The van der Waals surface area contributed by atoms with Crippen LogP contribution in [0.25, 0.3) is 0 Å². The number of rotatable bonds is 5. The second kappa shape index (κ2) is 4.94. The van der Waals surface area contributed by atoms with E-state index < -0.39 is 0 Å². The standard InChI is InChI=1S/C8H16N4O/c1-4-13-6-7(9-2)8-5-10-11-12(8)3/h5,7,9H,4,6H2,1-3H3. The van der Waals surface area contributed by atoms with Crippen LogP contribution in [0.15, 0.2) is 6.20 Å². The molecule has 74 valence electrons. The fourth-order valence-corrected chi connectivity index (χ4v) is 1.17. The molecule has 1 heterocycles. The Labute approximate surface area is 78.1 Å². The van der Waals surface area contributed by atoms with E-state index >= 15 is 0 Å². The Bertz CT molecular complexity index is 248. The number of hydrogen-bond donors (Lipinski definition) is 1. The van der Waals surface area contributed by atoms with E-state index in [2.05, 4.69) is 15.6 Å². The molecule has 5 heteroatoms. The Morgan fingerprint density at radius 2 is 2.46 bits per heavy atom. The van der Waals surface area contributed by atoms with Crippen LogP contribution < -0.4 is 5.32 Å². The van der Waals surface area contributed by atoms with Gasteiger partial charge in [-0.05, 0) is 14.0 Å². The third-order valence-corrected chi connectivity index (χ3v) is 1.94. The fraction of sp³-hybridized carbons (Fsp3) is 0.750. The van der Waals surface area contributed by atoms with E-state index in [9.17, 15) is 0 Å². The van der Waals surface area contributed by atoms with Crippen LogP contribution in [0.4, 0.5) is 0 Å². The summed E-state index contributed by atoms with van der Waals surface area (Å²) in [6.45, 7) is 3.35. The Kier molecular flexibility index (Phi) is 3.85. The molecule has 0 fully saturated rings. The lowest BCUT2D eigenvalue weighted by Gasteiger charge is -2.14. The minimum absolute atomic E-state index is 0.167. The summed E-state index contributed by atoms with van der Waals surface area (Å²) >= 11 is 0. The number of likely N-dealkylation sites (N-methyl/N-ethyl adjacent to an activating group) is 1. The highest BCUT2D eigenvalue weighted by molar-refractivity contribution is 5.01. The minimum Gasteiger partial charge on any atom is -0.380 e. The van der Waals surface area contributed by atoms with Gasteiger partial charge in [0.1, 0.15) is 0 Å². The number of hydrogen-bond acceptors (Lipinski definition) is 4. The summed E-state index contributed by atoms with van der Waals surface area (Å²) in [6, 6.07) is 0.167. The molecule has 1 aromatic heterocycles. The number of aryl methyl sites for hydroxylation is 1. The van der Waals surface area contributed by atoms with E-state index in [4.69, 9.17) is 4.74 Å². The molecule has 0 radical (unpaired) electrons. The molecule has 0 aliphatic rings. The Hall–Kier alpha value is -0.940. The normalized spacial score (nSPS) is 13.2. The smallest absolute Gasteiger partial charge is 0.0776 e. The molecule has 1 atom stereocenters. The molecular weight excluding hydrogens is 168 g/mol. The van der Waals surface area contributed by atoms with Gasteiger partial charge in [-0.1, -0.05) is 5.21 Å². The van der Waals surface area contributed by atoms with E-state index in [0.29, 0.717) is 6.61 Å². The minimum atomic E-state index is 0.167. The molecule has 0 saturated carbocycles. The van der Waals surface area contributed by atoms with Gasteiger partial charge < -0.3 is 10.1 Å². The highest BCUT2D eigenvalue weighted by Gasteiger charge is 2.12. The predicted molar refractivity (Wildman–Crippen MR) is 49.3 cm³/mol. The zero-order valence-corrected chi connectivity index (χ0v) is 8.32. The molecule has 0 aromatic carbocycles. The van der Waals surface area contributed by atoms with Gasteiger partial charge in [0.25, 0.3) is 0 Å². The van der Waals surface area contributed by atoms with Gasteiger partial charge in [-0.2, -0.15) is 0 Å². The number of aromatic nitrogens is 3. The van der Waals surface area contributed by atoms with Crippen molar-refractivity contribution < 1.29 is 4.74 Å². The number of nitrogens with one attached hydrogen (secondary N) is 1. The number of ether oxygens (including phenoxy) is 1. The lowest BCUT2D eigenvalue weighted by atomic mass is 10.2. The van der Waals surface area contributed by atoms with Crippen LogP contribution in [-0.2, 0) is 11.8 Å². The van der Waals surface area contributed by atoms with Crippen molar-refractivity contribution in [2.75, 3.05) is 20.3 Å². The molecule has 0 bridgehead atoms. The summed E-state index contributed by atoms with van der Waals surface area (Å²) in [6.07, 6.45) is 1.75. The average Bonchev–Trinajstić information content (AvgIpc) is 2.54. The predicted octanol–water partition coefficient (Wildman–Crippen LogP) is 0.112. The van der Waals surface area contributed by atoms with Crippen molar-refractivity contribution in [3.63, 3.8) is 0 Å². The SMILES string of the molecule is CCOCC(NC)c1cnnn1C. The lowest BCUT2D eigenvalue weighted by Crippen LogP contribution is -2.24. The van der Waals surface area contributed by atoms with Gasteiger partial charge in [-0.15, -0.1) is 5.10 Å². The first-order valence-corrected chi connectivity index (χ1v) is 4.39. The largest absolute Gasteiger partial charge is 0.380 e. The third-order valence-electron chi connectivity index (χ3n) is 1.94. The van der Waals surface area contributed by atoms with Crippen LogP contribution in [0.3, 0.4) is 0 Å². The van der Waals surface area contributed by atoms with E-state index in [0.717, 1.165) is 12.3 Å². The van der Waals surface area contributed by atoms with E-state index in [-0.39, 0.29) is 6.04 Å². The van der Waals surface area contributed by atoms with E-state index in [1.165, 1.54) is 0 Å². The second-order valence-electron chi connectivity index (χ2n) is 2.78. The Balaban J connectivity index is 2.61. The van der Waals surface area contributed by atoms with E-state index in [1.807, 2.05) is 21.0 Å². The Morgan fingerprint density at radius 3 is 2.92 bits per heavy atom. The first-order chi connectivity index (χ1) is 6.29. The first kappa shape index (κ1) is 10.1. The molecule has 1 unspecified atom stereocenters. The summed E-state index contributed by atoms with van der Waals surface area (Å²) in [5.41, 5.74) is 1.04. The van der Waals surface area contributed by atoms with Crippen molar-refractivity contribution in [3.05, 3.63) is 11.9 Å². The van der Waals surface area contributed by atoms with Gasteiger partial charge in [0, 0.05) is 13.7 Å². The molecule has 1 N–H and O–H groups in total. The third kappa shape index (κ3) is 2.50. The van der Waals surface area contributed by atoms with Crippen molar-refractivity contribution in [2.45, 2.75) is 13.0 Å². The molecular formula is C8H16N4O.